The van der Waals surface area contributed by atoms with Crippen LogP contribution in [0, 0.1) is 27.7 Å². The minimum atomic E-state index is 0.736. The highest BCUT2D eigenvalue weighted by molar-refractivity contribution is 5.60. The van der Waals surface area contributed by atoms with E-state index in [1.54, 1.807) is 0 Å². The van der Waals surface area contributed by atoms with E-state index in [2.05, 4.69) is 83.8 Å². The lowest BCUT2D eigenvalue weighted by molar-refractivity contribution is 1.02. The van der Waals surface area contributed by atoms with Crippen LogP contribution in [0.3, 0.4) is 0 Å². The zero-order chi connectivity index (χ0) is 17.8. The zero-order valence-electron chi connectivity index (χ0n) is 15.2. The molecule has 2 N–H and O–H groups in total. The van der Waals surface area contributed by atoms with Crippen molar-refractivity contribution in [3.05, 3.63) is 76.6 Å². The number of aromatic nitrogens is 2. The van der Waals surface area contributed by atoms with Gasteiger partial charge >= 0.3 is 0 Å². The van der Waals surface area contributed by atoms with Crippen molar-refractivity contribution in [3.8, 4) is 0 Å². The molecule has 25 heavy (non-hydrogen) atoms. The molecule has 1 heterocycles. The Balaban J connectivity index is 1.73. The Morgan fingerprint density at radius 2 is 1.48 bits per heavy atom. The van der Waals surface area contributed by atoms with Gasteiger partial charge in [0, 0.05) is 18.3 Å². The van der Waals surface area contributed by atoms with Crippen molar-refractivity contribution in [2.24, 2.45) is 0 Å². The number of hydrogen-bond acceptors (Lipinski definition) is 4. The summed E-state index contributed by atoms with van der Waals surface area (Å²) in [5.41, 5.74) is 6.07. The molecule has 0 fully saturated rings. The molecule has 2 aromatic carbocycles. The molecule has 3 aromatic rings. The van der Waals surface area contributed by atoms with Crippen molar-refractivity contribution in [2.45, 2.75) is 34.2 Å². The highest BCUT2D eigenvalue weighted by Crippen LogP contribution is 2.20. The fourth-order valence-corrected chi connectivity index (χ4v) is 2.59. The lowest BCUT2D eigenvalue weighted by atomic mass is 10.1. The summed E-state index contributed by atoms with van der Waals surface area (Å²) in [6.45, 7) is 8.96. The van der Waals surface area contributed by atoms with Gasteiger partial charge in [-0.1, -0.05) is 35.9 Å². The van der Waals surface area contributed by atoms with Gasteiger partial charge in [-0.3, -0.25) is 0 Å². The Labute approximate surface area is 149 Å². The van der Waals surface area contributed by atoms with Gasteiger partial charge in [-0.25, -0.2) is 9.97 Å². The van der Waals surface area contributed by atoms with Gasteiger partial charge in [-0.15, -0.1) is 0 Å². The minimum absolute atomic E-state index is 0.736. The Kier molecular flexibility index (Phi) is 4.98. The van der Waals surface area contributed by atoms with Crippen LogP contribution in [0.25, 0.3) is 0 Å². The monoisotopic (exact) mass is 332 g/mol. The van der Waals surface area contributed by atoms with Crippen LogP contribution >= 0.6 is 0 Å². The zero-order valence-corrected chi connectivity index (χ0v) is 15.2. The quantitative estimate of drug-likeness (QED) is 0.685. The van der Waals surface area contributed by atoms with Gasteiger partial charge in [0.2, 0.25) is 0 Å². The molecule has 128 valence electrons. The number of nitrogens with zero attached hydrogens (tertiary/aromatic N) is 2. The molecule has 4 heteroatoms. The van der Waals surface area contributed by atoms with E-state index >= 15 is 0 Å². The molecule has 0 aliphatic rings. The standard InChI is InChI=1S/C21H24N4/c1-14-5-8-18(9-6-14)13-22-20-12-21(24-17(4)23-20)25-19-10-7-15(2)16(3)11-19/h5-12H,13H2,1-4H3,(H2,22,23,24,25). The van der Waals surface area contributed by atoms with Crippen LogP contribution in [0.1, 0.15) is 28.1 Å². The first-order valence-corrected chi connectivity index (χ1v) is 8.49. The normalized spacial score (nSPS) is 10.6. The molecule has 0 aliphatic heterocycles. The second-order valence-corrected chi connectivity index (χ2v) is 6.45. The Morgan fingerprint density at radius 3 is 2.20 bits per heavy atom. The maximum absolute atomic E-state index is 4.49. The smallest absolute Gasteiger partial charge is 0.136 e. The Hall–Kier alpha value is -2.88. The third kappa shape index (κ3) is 4.57. The van der Waals surface area contributed by atoms with Crippen LogP contribution in [0.5, 0.6) is 0 Å². The molecule has 3 rings (SSSR count). The van der Waals surface area contributed by atoms with Crippen molar-refractivity contribution >= 4 is 17.3 Å². The fourth-order valence-electron chi connectivity index (χ4n) is 2.59. The molecule has 0 aliphatic carbocycles. The summed E-state index contributed by atoms with van der Waals surface area (Å²) in [7, 11) is 0. The molecular formula is C21H24N4. The van der Waals surface area contributed by atoms with Crippen molar-refractivity contribution < 1.29 is 0 Å². The van der Waals surface area contributed by atoms with Gasteiger partial charge in [-0.05, 0) is 56.5 Å². The van der Waals surface area contributed by atoms with Crippen LogP contribution in [-0.2, 0) is 6.54 Å². The summed E-state index contributed by atoms with van der Waals surface area (Å²) in [5, 5.41) is 6.74. The molecule has 0 radical (unpaired) electrons. The summed E-state index contributed by atoms with van der Waals surface area (Å²) in [6, 6.07) is 16.8. The number of rotatable bonds is 5. The average Bonchev–Trinajstić information content (AvgIpc) is 2.57. The van der Waals surface area contributed by atoms with Gasteiger partial charge in [0.25, 0.3) is 0 Å². The summed E-state index contributed by atoms with van der Waals surface area (Å²) < 4.78 is 0. The van der Waals surface area contributed by atoms with Crippen LogP contribution in [0.15, 0.2) is 48.5 Å². The highest BCUT2D eigenvalue weighted by Gasteiger charge is 2.04. The second-order valence-electron chi connectivity index (χ2n) is 6.45. The summed E-state index contributed by atoms with van der Waals surface area (Å²) in [5.74, 6) is 2.35. The SMILES string of the molecule is Cc1ccc(CNc2cc(Nc3ccc(C)c(C)c3)nc(C)n2)cc1. The predicted octanol–water partition coefficient (Wildman–Crippen LogP) is 5.07. The van der Waals surface area contributed by atoms with E-state index in [4.69, 9.17) is 0 Å². The fraction of sp³-hybridized carbons (Fsp3) is 0.238. The van der Waals surface area contributed by atoms with E-state index < -0.39 is 0 Å². The molecule has 0 atom stereocenters. The third-order valence-corrected chi connectivity index (χ3v) is 4.21. The minimum Gasteiger partial charge on any atom is -0.366 e. The molecule has 0 amide bonds. The van der Waals surface area contributed by atoms with E-state index in [-0.39, 0.29) is 0 Å². The van der Waals surface area contributed by atoms with E-state index in [1.807, 2.05) is 13.0 Å². The summed E-state index contributed by atoms with van der Waals surface area (Å²) in [6.07, 6.45) is 0. The first-order chi connectivity index (χ1) is 12.0. The van der Waals surface area contributed by atoms with Crippen molar-refractivity contribution in [2.75, 3.05) is 10.6 Å². The number of benzene rings is 2. The third-order valence-electron chi connectivity index (χ3n) is 4.21. The van der Waals surface area contributed by atoms with Gasteiger partial charge in [0.1, 0.15) is 17.5 Å². The number of anilines is 3. The van der Waals surface area contributed by atoms with E-state index in [1.165, 1.54) is 22.3 Å². The van der Waals surface area contributed by atoms with Crippen LogP contribution in [-0.4, -0.2) is 9.97 Å². The van der Waals surface area contributed by atoms with Crippen molar-refractivity contribution in [1.82, 2.24) is 9.97 Å². The van der Waals surface area contributed by atoms with Gasteiger partial charge in [0.05, 0.1) is 0 Å². The highest BCUT2D eigenvalue weighted by atomic mass is 15.1. The molecule has 1 aromatic heterocycles. The molecule has 0 unspecified atom stereocenters. The molecule has 0 saturated heterocycles. The van der Waals surface area contributed by atoms with Crippen LogP contribution in [0.4, 0.5) is 17.3 Å². The Morgan fingerprint density at radius 1 is 0.760 bits per heavy atom. The first-order valence-electron chi connectivity index (χ1n) is 8.49. The molecular weight excluding hydrogens is 308 g/mol. The maximum atomic E-state index is 4.49. The molecule has 0 spiro atoms. The van der Waals surface area contributed by atoms with Gasteiger partial charge in [0.15, 0.2) is 0 Å². The van der Waals surface area contributed by atoms with Gasteiger partial charge in [-0.2, -0.15) is 0 Å². The summed E-state index contributed by atoms with van der Waals surface area (Å²) in [4.78, 5) is 8.96. The Bertz CT molecular complexity index is 870. The van der Waals surface area contributed by atoms with Crippen molar-refractivity contribution in [3.63, 3.8) is 0 Å². The molecule has 0 bridgehead atoms. The topological polar surface area (TPSA) is 49.8 Å². The van der Waals surface area contributed by atoms with E-state index in [0.717, 1.165) is 29.7 Å². The van der Waals surface area contributed by atoms with E-state index in [0.29, 0.717) is 0 Å². The van der Waals surface area contributed by atoms with E-state index in [9.17, 15) is 0 Å². The van der Waals surface area contributed by atoms with Crippen LogP contribution < -0.4 is 10.6 Å². The summed E-state index contributed by atoms with van der Waals surface area (Å²) >= 11 is 0. The van der Waals surface area contributed by atoms with Crippen LogP contribution in [0.2, 0.25) is 0 Å². The second kappa shape index (κ2) is 7.34. The molecule has 0 saturated carbocycles. The lowest BCUT2D eigenvalue weighted by Crippen LogP contribution is -2.05. The van der Waals surface area contributed by atoms with Crippen molar-refractivity contribution in [1.29, 1.82) is 0 Å². The lowest BCUT2D eigenvalue weighted by Gasteiger charge is -2.11. The maximum Gasteiger partial charge on any atom is 0.136 e. The largest absolute Gasteiger partial charge is 0.366 e. The number of aryl methyl sites for hydroxylation is 4. The molecule has 4 nitrogen and oxygen atoms in total. The average molecular weight is 332 g/mol. The predicted molar refractivity (Wildman–Crippen MR) is 104 cm³/mol. The number of hydrogen-bond donors (Lipinski definition) is 2. The number of nitrogens with one attached hydrogen (secondary N) is 2. The first kappa shape index (κ1) is 17.0. The van der Waals surface area contributed by atoms with Gasteiger partial charge < -0.3 is 10.6 Å².